The van der Waals surface area contributed by atoms with Gasteiger partial charge in [-0.15, -0.1) is 70.6 Å². The van der Waals surface area contributed by atoms with Crippen LogP contribution in [0, 0.1) is 5.41 Å². The van der Waals surface area contributed by atoms with E-state index in [0.29, 0.717) is 0 Å². The highest BCUT2D eigenvalue weighted by Gasteiger charge is 2.80. The summed E-state index contributed by atoms with van der Waals surface area (Å²) in [5, 5.41) is 0. The first-order valence-corrected chi connectivity index (χ1v) is 25.7. The second-order valence-electron chi connectivity index (χ2n) is 17.1. The van der Waals surface area contributed by atoms with Gasteiger partial charge < -0.3 is 0 Å². The van der Waals surface area contributed by atoms with E-state index in [1.165, 1.54) is 62.8 Å². The number of hydrogen-bond donors (Lipinski definition) is 0. The first-order chi connectivity index (χ1) is 27.2. The Morgan fingerprint density at radius 2 is 0.482 bits per heavy atom. The lowest BCUT2D eigenvalue weighted by molar-refractivity contribution is 0.0997. The zero-order valence-electron chi connectivity index (χ0n) is 32.1. The Morgan fingerprint density at radius 3 is 0.661 bits per heavy atom. The van der Waals surface area contributed by atoms with Crippen molar-refractivity contribution in [2.24, 2.45) is 5.41 Å². The van der Waals surface area contributed by atoms with E-state index < -0.39 is 0 Å². The highest BCUT2D eigenvalue weighted by atomic mass is 32.2. The summed E-state index contributed by atoms with van der Waals surface area (Å²) < 4.78 is 0. The summed E-state index contributed by atoms with van der Waals surface area (Å²) in [6.45, 7) is 10.7. The van der Waals surface area contributed by atoms with Crippen molar-refractivity contribution in [2.75, 3.05) is 0 Å². The van der Waals surface area contributed by atoms with E-state index in [0.717, 1.165) is 34.5 Å². The predicted octanol–water partition coefficient (Wildman–Crippen LogP) is 14.6. The van der Waals surface area contributed by atoms with Crippen LogP contribution in [0.25, 0.3) is 0 Å². The lowest BCUT2D eigenvalue weighted by Gasteiger charge is -2.49. The molecule has 0 unspecified atom stereocenters. The molecule has 0 aromatic heterocycles. The molecule has 56 heavy (non-hydrogen) atoms. The Bertz CT molecular complexity index is 2240. The molecule has 6 aromatic carbocycles. The fraction of sp³-hybridized carbons (Fsp3) is 0.280. The number of rotatable bonds is 0. The van der Waals surface area contributed by atoms with Crippen LogP contribution in [0.15, 0.2) is 139 Å². The van der Waals surface area contributed by atoms with Gasteiger partial charge in [-0.1, -0.05) is 100 Å². The van der Waals surface area contributed by atoms with Gasteiger partial charge in [0.1, 0.15) is 0 Å². The molecule has 0 fully saturated rings. The normalized spacial score (nSPS) is 27.4. The molecule has 6 aliphatic rings. The fourth-order valence-corrected chi connectivity index (χ4v) is 18.8. The van der Waals surface area contributed by atoms with Crippen molar-refractivity contribution < 1.29 is 0 Å². The molecule has 0 nitrogen and oxygen atoms in total. The SMILES string of the molecule is CC12c3cc4c(cc3C3(C)c5cc6c(cc5C(C)(c5cc7c(cc51)CSc1ccccc1SC7)C23C)CSc1ccccc1SC6)CSc1ccccc1SC4. The van der Waals surface area contributed by atoms with Crippen molar-refractivity contribution in [3.63, 3.8) is 0 Å². The Balaban J connectivity index is 1.10. The van der Waals surface area contributed by atoms with Gasteiger partial charge in [0.2, 0.25) is 0 Å². The minimum atomic E-state index is -0.158. The summed E-state index contributed by atoms with van der Waals surface area (Å²) in [5.41, 5.74) is 18.1. The molecule has 278 valence electrons. The molecule has 0 spiro atoms. The first-order valence-electron chi connectivity index (χ1n) is 19.8. The lowest BCUT2D eigenvalue weighted by atomic mass is 9.52. The van der Waals surface area contributed by atoms with E-state index in [9.17, 15) is 0 Å². The average molecular weight is 835 g/mol. The summed E-state index contributed by atoms with van der Waals surface area (Å²) in [6.07, 6.45) is 0. The Labute approximate surface area is 357 Å². The minimum Gasteiger partial charge on any atom is -0.120 e. The third kappa shape index (κ3) is 4.45. The molecule has 6 heteroatoms. The van der Waals surface area contributed by atoms with Crippen molar-refractivity contribution in [3.05, 3.63) is 176 Å². The van der Waals surface area contributed by atoms with Gasteiger partial charge in [-0.3, -0.25) is 0 Å². The van der Waals surface area contributed by atoms with Gasteiger partial charge in [0.25, 0.3) is 0 Å². The molecule has 0 atom stereocenters. The van der Waals surface area contributed by atoms with E-state index in [1.54, 1.807) is 33.4 Å². The number of benzene rings is 6. The van der Waals surface area contributed by atoms with Crippen molar-refractivity contribution in [2.45, 2.75) is 108 Å². The topological polar surface area (TPSA) is 0 Å². The van der Waals surface area contributed by atoms with E-state index in [1.807, 2.05) is 70.6 Å². The number of thioether (sulfide) groups is 6. The van der Waals surface area contributed by atoms with Crippen LogP contribution in [0.5, 0.6) is 0 Å². The average Bonchev–Trinajstić information content (AvgIpc) is 3.54. The third-order valence-electron chi connectivity index (χ3n) is 15.1. The molecule has 0 saturated heterocycles. The van der Waals surface area contributed by atoms with Gasteiger partial charge in [-0.05, 0) is 103 Å². The molecule has 0 N–H and O–H groups in total. The molecule has 0 amide bonds. The van der Waals surface area contributed by atoms with E-state index in [-0.39, 0.29) is 21.7 Å². The van der Waals surface area contributed by atoms with E-state index in [4.69, 9.17) is 0 Å². The van der Waals surface area contributed by atoms with Crippen LogP contribution in [0.1, 0.15) is 94.5 Å². The molecule has 0 saturated carbocycles. The standard InChI is InChI=1S/C50H42S6/c1-47-35-17-29-23-51-41-11-5-7-13-43(41)53-25-31(29)19-37(35)48(2)39-21-33-27-55-45-15-9-10-16-46(45)56-28-34(33)22-40(39)49(3,50(47,48)4)38-20-32-26-54-44-14-8-6-12-42(44)52-24-30(32)18-36(38)47/h5-22H,23-28H2,1-4H3. The zero-order chi connectivity index (χ0) is 37.6. The van der Waals surface area contributed by atoms with E-state index >= 15 is 0 Å². The molecule has 12 rings (SSSR count). The smallest absolute Gasteiger partial charge is 0.0258 e. The summed E-state index contributed by atoms with van der Waals surface area (Å²) in [4.78, 5) is 8.52. The van der Waals surface area contributed by atoms with Crippen molar-refractivity contribution in [3.8, 4) is 0 Å². The van der Waals surface area contributed by atoms with Crippen molar-refractivity contribution >= 4 is 70.6 Å². The van der Waals surface area contributed by atoms with Gasteiger partial charge >= 0.3 is 0 Å². The second kappa shape index (κ2) is 12.5. The van der Waals surface area contributed by atoms with Crippen LogP contribution in [-0.2, 0) is 50.8 Å². The van der Waals surface area contributed by atoms with Crippen LogP contribution in [0.2, 0.25) is 0 Å². The molecule has 3 aliphatic heterocycles. The van der Waals surface area contributed by atoms with Gasteiger partial charge in [0, 0.05) is 85.5 Å². The highest BCUT2D eigenvalue weighted by Crippen LogP contribution is 2.82. The Hall–Kier alpha value is -2.58. The maximum atomic E-state index is 2.72. The molecular weight excluding hydrogens is 793 g/mol. The Morgan fingerprint density at radius 1 is 0.304 bits per heavy atom. The largest absolute Gasteiger partial charge is 0.120 e. The maximum Gasteiger partial charge on any atom is 0.0258 e. The highest BCUT2D eigenvalue weighted by molar-refractivity contribution is 8.02. The van der Waals surface area contributed by atoms with Gasteiger partial charge in [-0.2, -0.15) is 0 Å². The number of fused-ring (bicyclic) bond motifs is 15. The van der Waals surface area contributed by atoms with Crippen LogP contribution < -0.4 is 0 Å². The fourth-order valence-electron chi connectivity index (χ4n) is 11.9. The summed E-state index contributed by atoms with van der Waals surface area (Å²) in [7, 11) is 0. The first kappa shape index (κ1) is 35.4. The summed E-state index contributed by atoms with van der Waals surface area (Å²) in [5.74, 6) is 6.12. The third-order valence-corrected chi connectivity index (χ3v) is 22.2. The monoisotopic (exact) mass is 834 g/mol. The van der Waals surface area contributed by atoms with Crippen LogP contribution in [-0.4, -0.2) is 0 Å². The zero-order valence-corrected chi connectivity index (χ0v) is 37.0. The molecule has 3 heterocycles. The van der Waals surface area contributed by atoms with Crippen LogP contribution >= 0.6 is 70.6 Å². The maximum absolute atomic E-state index is 2.72. The van der Waals surface area contributed by atoms with Crippen molar-refractivity contribution in [1.82, 2.24) is 0 Å². The molecule has 0 radical (unpaired) electrons. The summed E-state index contributed by atoms with van der Waals surface area (Å²) in [6, 6.07) is 43.4. The lowest BCUT2D eigenvalue weighted by Crippen LogP contribution is -2.51. The minimum absolute atomic E-state index is 0.0992. The Kier molecular flexibility index (Phi) is 7.88. The molecule has 6 aromatic rings. The number of hydrogen-bond acceptors (Lipinski definition) is 6. The molecule has 0 bridgehead atoms. The molecule has 3 aliphatic carbocycles. The second-order valence-corrected chi connectivity index (χ2v) is 23.2. The summed E-state index contributed by atoms with van der Waals surface area (Å²) >= 11 is 12.1. The van der Waals surface area contributed by atoms with Crippen molar-refractivity contribution in [1.29, 1.82) is 0 Å². The van der Waals surface area contributed by atoms with Gasteiger partial charge in [-0.25, -0.2) is 0 Å². The molecular formula is C50H42S6. The predicted molar refractivity (Wildman–Crippen MR) is 243 cm³/mol. The van der Waals surface area contributed by atoms with Gasteiger partial charge in [0.05, 0.1) is 0 Å². The van der Waals surface area contributed by atoms with E-state index in [2.05, 4.69) is 137 Å². The van der Waals surface area contributed by atoms with Crippen LogP contribution in [0.4, 0.5) is 0 Å². The van der Waals surface area contributed by atoms with Crippen LogP contribution in [0.3, 0.4) is 0 Å². The van der Waals surface area contributed by atoms with Gasteiger partial charge in [0.15, 0.2) is 0 Å². The quantitative estimate of drug-likeness (QED) is 0.148.